The van der Waals surface area contributed by atoms with Gasteiger partial charge in [-0.3, -0.25) is 0 Å². The fourth-order valence-corrected chi connectivity index (χ4v) is 3.49. The second kappa shape index (κ2) is 18.3. The van der Waals surface area contributed by atoms with Gasteiger partial charge in [-0.2, -0.15) is 0 Å². The van der Waals surface area contributed by atoms with E-state index in [9.17, 15) is 0 Å². The highest BCUT2D eigenvalue weighted by molar-refractivity contribution is 4.56. The first kappa shape index (κ1) is 23.0. The van der Waals surface area contributed by atoms with Crippen LogP contribution in [-0.2, 0) is 0 Å². The minimum atomic E-state index is 0.948. The van der Waals surface area contributed by atoms with Crippen LogP contribution in [0.2, 0.25) is 0 Å². The standard InChI is InChI=1S/C23H48/c1-5-7-8-13-17-20-23(4)21-18-15-12-10-9-11-14-16-19-22(3)6-2/h22-23H,5-21H2,1-4H3. The van der Waals surface area contributed by atoms with Crippen molar-refractivity contribution in [2.24, 2.45) is 11.8 Å². The Morgan fingerprint density at radius 2 is 0.783 bits per heavy atom. The second-order valence-corrected chi connectivity index (χ2v) is 8.23. The van der Waals surface area contributed by atoms with Gasteiger partial charge in [0.25, 0.3) is 0 Å². The maximum atomic E-state index is 2.47. The third kappa shape index (κ3) is 18.2. The molecule has 0 aromatic rings. The van der Waals surface area contributed by atoms with Crippen LogP contribution in [0.3, 0.4) is 0 Å². The third-order valence-electron chi connectivity index (χ3n) is 5.64. The van der Waals surface area contributed by atoms with Crippen LogP contribution >= 0.6 is 0 Å². The molecular weight excluding hydrogens is 276 g/mol. The Balaban J connectivity index is 3.14. The molecule has 0 aliphatic rings. The smallest absolute Gasteiger partial charge is 0.0443 e. The lowest BCUT2D eigenvalue weighted by atomic mass is 9.96. The van der Waals surface area contributed by atoms with Crippen LogP contribution in [0.5, 0.6) is 0 Å². The van der Waals surface area contributed by atoms with E-state index < -0.39 is 0 Å². The molecular formula is C23H48. The van der Waals surface area contributed by atoms with Crippen LogP contribution in [0.1, 0.15) is 137 Å². The van der Waals surface area contributed by atoms with E-state index in [4.69, 9.17) is 0 Å². The summed E-state index contributed by atoms with van der Waals surface area (Å²) in [5.41, 5.74) is 0. The molecule has 0 aliphatic heterocycles. The minimum absolute atomic E-state index is 0.948. The van der Waals surface area contributed by atoms with Gasteiger partial charge in [0.15, 0.2) is 0 Å². The zero-order valence-corrected chi connectivity index (χ0v) is 17.2. The quantitative estimate of drug-likeness (QED) is 0.221. The molecule has 0 aromatic heterocycles. The molecule has 0 radical (unpaired) electrons. The lowest BCUT2D eigenvalue weighted by molar-refractivity contribution is 0.430. The van der Waals surface area contributed by atoms with Gasteiger partial charge < -0.3 is 0 Å². The predicted molar refractivity (Wildman–Crippen MR) is 108 cm³/mol. The van der Waals surface area contributed by atoms with Crippen molar-refractivity contribution in [1.82, 2.24) is 0 Å². The van der Waals surface area contributed by atoms with Crippen molar-refractivity contribution in [2.75, 3.05) is 0 Å². The van der Waals surface area contributed by atoms with E-state index in [1.54, 1.807) is 0 Å². The number of hydrogen-bond donors (Lipinski definition) is 0. The third-order valence-corrected chi connectivity index (χ3v) is 5.64. The maximum Gasteiger partial charge on any atom is -0.0443 e. The lowest BCUT2D eigenvalue weighted by Gasteiger charge is -2.11. The predicted octanol–water partition coefficient (Wildman–Crippen LogP) is 8.93. The van der Waals surface area contributed by atoms with Crippen LogP contribution in [0.4, 0.5) is 0 Å². The van der Waals surface area contributed by atoms with E-state index in [0.717, 1.165) is 11.8 Å². The fraction of sp³-hybridized carbons (Fsp3) is 1.00. The van der Waals surface area contributed by atoms with Crippen LogP contribution < -0.4 is 0 Å². The first-order valence-electron chi connectivity index (χ1n) is 11.2. The Morgan fingerprint density at radius 3 is 1.17 bits per heavy atom. The molecule has 2 unspecified atom stereocenters. The van der Waals surface area contributed by atoms with Crippen molar-refractivity contribution in [1.29, 1.82) is 0 Å². The summed E-state index contributed by atoms with van der Waals surface area (Å²) in [5, 5.41) is 0. The number of unbranched alkanes of at least 4 members (excludes halogenated alkanes) is 11. The first-order valence-corrected chi connectivity index (χ1v) is 11.2. The minimum Gasteiger partial charge on any atom is -0.0654 e. The van der Waals surface area contributed by atoms with Crippen LogP contribution in [-0.4, -0.2) is 0 Å². The number of rotatable bonds is 18. The molecule has 0 spiro atoms. The molecule has 0 fully saturated rings. The zero-order valence-electron chi connectivity index (χ0n) is 17.2. The Bertz CT molecular complexity index is 208. The van der Waals surface area contributed by atoms with Gasteiger partial charge >= 0.3 is 0 Å². The monoisotopic (exact) mass is 324 g/mol. The maximum absolute atomic E-state index is 2.47. The molecule has 0 rings (SSSR count). The van der Waals surface area contributed by atoms with E-state index in [1.165, 1.54) is 109 Å². The normalized spacial score (nSPS) is 14.1. The summed E-state index contributed by atoms with van der Waals surface area (Å²) in [6.07, 6.45) is 24.8. The highest BCUT2D eigenvalue weighted by Gasteiger charge is 2.02. The summed E-state index contributed by atoms with van der Waals surface area (Å²) in [6.45, 7) is 9.48. The highest BCUT2D eigenvalue weighted by atomic mass is 14.1. The fourth-order valence-electron chi connectivity index (χ4n) is 3.49. The van der Waals surface area contributed by atoms with E-state index in [-0.39, 0.29) is 0 Å². The first-order chi connectivity index (χ1) is 11.2. The molecule has 0 amide bonds. The summed E-state index contributed by atoms with van der Waals surface area (Å²) in [6, 6.07) is 0. The van der Waals surface area contributed by atoms with Gasteiger partial charge in [0.2, 0.25) is 0 Å². The van der Waals surface area contributed by atoms with Gasteiger partial charge in [0.05, 0.1) is 0 Å². The Hall–Kier alpha value is 0. The van der Waals surface area contributed by atoms with E-state index >= 15 is 0 Å². The van der Waals surface area contributed by atoms with Crippen molar-refractivity contribution in [3.8, 4) is 0 Å². The molecule has 140 valence electrons. The topological polar surface area (TPSA) is 0 Å². The van der Waals surface area contributed by atoms with Gasteiger partial charge in [0, 0.05) is 0 Å². The SMILES string of the molecule is CCCCCCCC(C)CCCCCCCCCCC(C)CC. The zero-order chi connectivity index (χ0) is 17.2. The van der Waals surface area contributed by atoms with Crippen molar-refractivity contribution in [3.63, 3.8) is 0 Å². The molecule has 2 atom stereocenters. The molecule has 0 aromatic carbocycles. The largest absolute Gasteiger partial charge is 0.0654 e. The van der Waals surface area contributed by atoms with E-state index in [2.05, 4.69) is 27.7 Å². The van der Waals surface area contributed by atoms with Gasteiger partial charge in [-0.1, -0.05) is 137 Å². The Morgan fingerprint density at radius 1 is 0.435 bits per heavy atom. The Labute approximate surface area is 149 Å². The van der Waals surface area contributed by atoms with Gasteiger partial charge in [-0.15, -0.1) is 0 Å². The van der Waals surface area contributed by atoms with Crippen LogP contribution in [0.25, 0.3) is 0 Å². The molecule has 23 heavy (non-hydrogen) atoms. The van der Waals surface area contributed by atoms with E-state index in [1.807, 2.05) is 0 Å². The number of hydrogen-bond acceptors (Lipinski definition) is 0. The van der Waals surface area contributed by atoms with E-state index in [0.29, 0.717) is 0 Å². The molecule has 0 N–H and O–H groups in total. The van der Waals surface area contributed by atoms with Gasteiger partial charge in [-0.05, 0) is 11.8 Å². The molecule has 0 heteroatoms. The Kier molecular flexibility index (Phi) is 18.3. The van der Waals surface area contributed by atoms with Crippen molar-refractivity contribution in [3.05, 3.63) is 0 Å². The van der Waals surface area contributed by atoms with Crippen LogP contribution in [0.15, 0.2) is 0 Å². The summed E-state index contributed by atoms with van der Waals surface area (Å²) in [4.78, 5) is 0. The molecule has 0 aliphatic carbocycles. The van der Waals surface area contributed by atoms with Crippen molar-refractivity contribution < 1.29 is 0 Å². The average Bonchev–Trinajstić information content (AvgIpc) is 2.56. The summed E-state index contributed by atoms with van der Waals surface area (Å²) in [7, 11) is 0. The van der Waals surface area contributed by atoms with Crippen molar-refractivity contribution >= 4 is 0 Å². The van der Waals surface area contributed by atoms with Gasteiger partial charge in [0.1, 0.15) is 0 Å². The highest BCUT2D eigenvalue weighted by Crippen LogP contribution is 2.19. The second-order valence-electron chi connectivity index (χ2n) is 8.23. The molecule has 0 heterocycles. The molecule has 0 saturated carbocycles. The molecule has 0 bridgehead atoms. The summed E-state index contributed by atoms with van der Waals surface area (Å²) in [5.74, 6) is 1.92. The molecule has 0 saturated heterocycles. The summed E-state index contributed by atoms with van der Waals surface area (Å²) >= 11 is 0. The van der Waals surface area contributed by atoms with Crippen LogP contribution in [0, 0.1) is 11.8 Å². The lowest BCUT2D eigenvalue weighted by Crippen LogP contribution is -1.95. The average molecular weight is 325 g/mol. The van der Waals surface area contributed by atoms with Crippen molar-refractivity contribution in [2.45, 2.75) is 137 Å². The molecule has 0 nitrogen and oxygen atoms in total. The summed E-state index contributed by atoms with van der Waals surface area (Å²) < 4.78 is 0. The van der Waals surface area contributed by atoms with Gasteiger partial charge in [-0.25, -0.2) is 0 Å².